The van der Waals surface area contributed by atoms with Crippen LogP contribution in [0.5, 0.6) is 0 Å². The topological polar surface area (TPSA) is 81.5 Å². The van der Waals surface area contributed by atoms with Crippen molar-refractivity contribution in [1.29, 1.82) is 0 Å². The third-order valence-electron chi connectivity index (χ3n) is 4.00. The molecular formula is C13H15N3O2S. The molecular weight excluding hydrogens is 262 g/mol. The summed E-state index contributed by atoms with van der Waals surface area (Å²) in [6.07, 6.45) is 2.02. The highest BCUT2D eigenvalue weighted by Gasteiger charge is 2.57. The minimum Gasteiger partial charge on any atom is -0.379 e. The highest BCUT2D eigenvalue weighted by molar-refractivity contribution is 8.13. The molecule has 1 aromatic rings. The van der Waals surface area contributed by atoms with Crippen LogP contribution in [0.3, 0.4) is 0 Å². The first-order chi connectivity index (χ1) is 9.03. The van der Waals surface area contributed by atoms with E-state index in [9.17, 15) is 10.1 Å². The van der Waals surface area contributed by atoms with Gasteiger partial charge in [0, 0.05) is 17.9 Å². The van der Waals surface area contributed by atoms with Gasteiger partial charge in [-0.1, -0.05) is 17.8 Å². The standard InChI is InChI=1S/C13H15N3O2S/c1-8-2-3-10(16(17)18)6-11(8)13-7-9(13)4-5-19-12(14)15-13/h2-3,6,9H,4-5,7H2,1H3,(H2,14,15)/t9-,13+/m1/s1. The number of non-ortho nitro benzene ring substituents is 1. The smallest absolute Gasteiger partial charge is 0.269 e. The zero-order valence-corrected chi connectivity index (χ0v) is 11.4. The van der Waals surface area contributed by atoms with Crippen LogP contribution in [0.2, 0.25) is 0 Å². The molecule has 1 saturated carbocycles. The van der Waals surface area contributed by atoms with Crippen LogP contribution in [0.15, 0.2) is 23.2 Å². The monoisotopic (exact) mass is 277 g/mol. The van der Waals surface area contributed by atoms with Gasteiger partial charge < -0.3 is 5.73 Å². The van der Waals surface area contributed by atoms with Gasteiger partial charge in [0.25, 0.3) is 5.69 Å². The molecule has 0 bridgehead atoms. The van der Waals surface area contributed by atoms with E-state index in [-0.39, 0.29) is 16.1 Å². The fourth-order valence-corrected chi connectivity index (χ4v) is 3.75. The Morgan fingerprint density at radius 2 is 2.37 bits per heavy atom. The van der Waals surface area contributed by atoms with E-state index >= 15 is 0 Å². The van der Waals surface area contributed by atoms with Crippen molar-refractivity contribution in [2.75, 3.05) is 5.75 Å². The van der Waals surface area contributed by atoms with Gasteiger partial charge >= 0.3 is 0 Å². The first-order valence-corrected chi connectivity index (χ1v) is 7.25. The SMILES string of the molecule is Cc1ccc([N+](=O)[O-])cc1[C@]12C[C@H]1CCSC(N)=N2. The molecule has 5 nitrogen and oxygen atoms in total. The van der Waals surface area contributed by atoms with E-state index in [1.807, 2.05) is 6.92 Å². The normalized spacial score (nSPS) is 29.1. The van der Waals surface area contributed by atoms with E-state index in [0.717, 1.165) is 29.7 Å². The van der Waals surface area contributed by atoms with E-state index in [1.54, 1.807) is 30.0 Å². The molecule has 19 heavy (non-hydrogen) atoms. The minimum absolute atomic E-state index is 0.131. The highest BCUT2D eigenvalue weighted by atomic mass is 32.2. The van der Waals surface area contributed by atoms with Crippen LogP contribution in [-0.2, 0) is 5.54 Å². The Morgan fingerprint density at radius 3 is 3.11 bits per heavy atom. The Morgan fingerprint density at radius 1 is 1.58 bits per heavy atom. The molecule has 2 atom stereocenters. The van der Waals surface area contributed by atoms with Gasteiger partial charge in [-0.3, -0.25) is 15.1 Å². The Hall–Kier alpha value is -1.56. The quantitative estimate of drug-likeness (QED) is 0.665. The largest absolute Gasteiger partial charge is 0.379 e. The fourth-order valence-electron chi connectivity index (χ4n) is 2.91. The van der Waals surface area contributed by atoms with Gasteiger partial charge in [0.1, 0.15) is 0 Å². The summed E-state index contributed by atoms with van der Waals surface area (Å²) in [4.78, 5) is 15.2. The molecule has 0 radical (unpaired) electrons. The number of rotatable bonds is 2. The Kier molecular flexibility index (Phi) is 2.78. The average Bonchev–Trinajstić information content (AvgIpc) is 3.03. The third kappa shape index (κ3) is 2.00. The number of amidine groups is 1. The predicted molar refractivity (Wildman–Crippen MR) is 76.3 cm³/mol. The summed E-state index contributed by atoms with van der Waals surface area (Å²) in [6, 6.07) is 5.02. The van der Waals surface area contributed by atoms with Gasteiger partial charge in [-0.05, 0) is 36.8 Å². The van der Waals surface area contributed by atoms with Crippen molar-refractivity contribution in [1.82, 2.24) is 0 Å². The molecule has 0 unspecified atom stereocenters. The Balaban J connectivity index is 2.09. The Bertz CT molecular complexity index is 587. The summed E-state index contributed by atoms with van der Waals surface area (Å²) in [5.41, 5.74) is 7.75. The Labute approximate surface area is 115 Å². The van der Waals surface area contributed by atoms with E-state index in [4.69, 9.17) is 5.73 Å². The number of fused-ring (bicyclic) bond motifs is 1. The van der Waals surface area contributed by atoms with E-state index < -0.39 is 0 Å². The maximum absolute atomic E-state index is 10.9. The number of aryl methyl sites for hydroxylation is 1. The van der Waals surface area contributed by atoms with Gasteiger partial charge in [-0.15, -0.1) is 0 Å². The molecule has 2 aliphatic rings. The molecule has 0 aromatic heterocycles. The van der Waals surface area contributed by atoms with Gasteiger partial charge in [0.2, 0.25) is 0 Å². The number of nitrogens with two attached hydrogens (primary N) is 1. The van der Waals surface area contributed by atoms with Crippen molar-refractivity contribution in [2.45, 2.75) is 25.3 Å². The van der Waals surface area contributed by atoms with E-state index in [2.05, 4.69) is 4.99 Å². The van der Waals surface area contributed by atoms with Crippen LogP contribution in [0.1, 0.15) is 24.0 Å². The number of nitro benzene ring substituents is 1. The van der Waals surface area contributed by atoms with Gasteiger partial charge in [-0.25, -0.2) is 0 Å². The molecule has 2 N–H and O–H groups in total. The number of nitro groups is 1. The van der Waals surface area contributed by atoms with Gasteiger partial charge in [0.15, 0.2) is 5.17 Å². The summed E-state index contributed by atoms with van der Waals surface area (Å²) in [5, 5.41) is 11.5. The number of hydrogen-bond donors (Lipinski definition) is 1. The maximum atomic E-state index is 10.9. The first-order valence-electron chi connectivity index (χ1n) is 6.26. The second-order valence-corrected chi connectivity index (χ2v) is 6.28. The molecule has 6 heteroatoms. The van der Waals surface area contributed by atoms with Crippen molar-refractivity contribution in [3.05, 3.63) is 39.4 Å². The van der Waals surface area contributed by atoms with Gasteiger partial charge in [-0.2, -0.15) is 0 Å². The second kappa shape index (κ2) is 4.23. The molecule has 1 fully saturated rings. The van der Waals surface area contributed by atoms with Crippen molar-refractivity contribution >= 4 is 22.6 Å². The van der Waals surface area contributed by atoms with E-state index in [1.165, 1.54) is 0 Å². The second-order valence-electron chi connectivity index (χ2n) is 5.17. The summed E-state index contributed by atoms with van der Waals surface area (Å²) in [7, 11) is 0. The van der Waals surface area contributed by atoms with Crippen LogP contribution < -0.4 is 5.73 Å². The number of thioether (sulfide) groups is 1. The average molecular weight is 277 g/mol. The predicted octanol–water partition coefficient (Wildman–Crippen LogP) is 2.57. The van der Waals surface area contributed by atoms with Gasteiger partial charge in [0.05, 0.1) is 10.5 Å². The van der Waals surface area contributed by atoms with Crippen LogP contribution >= 0.6 is 11.8 Å². The van der Waals surface area contributed by atoms with Crippen LogP contribution in [0, 0.1) is 23.0 Å². The third-order valence-corrected chi connectivity index (χ3v) is 4.82. The number of hydrogen-bond acceptors (Lipinski definition) is 5. The van der Waals surface area contributed by atoms with Crippen molar-refractivity contribution in [3.63, 3.8) is 0 Å². The zero-order chi connectivity index (χ0) is 13.6. The lowest BCUT2D eigenvalue weighted by atomic mass is 9.96. The minimum atomic E-state index is -0.352. The maximum Gasteiger partial charge on any atom is 0.269 e. The molecule has 1 aliphatic carbocycles. The highest BCUT2D eigenvalue weighted by Crippen LogP contribution is 2.59. The lowest BCUT2D eigenvalue weighted by Crippen LogP contribution is -2.14. The number of benzene rings is 1. The molecule has 100 valence electrons. The zero-order valence-electron chi connectivity index (χ0n) is 10.6. The molecule has 1 heterocycles. The van der Waals surface area contributed by atoms with Crippen molar-refractivity contribution < 1.29 is 4.92 Å². The summed E-state index contributed by atoms with van der Waals surface area (Å²) < 4.78 is 0. The van der Waals surface area contributed by atoms with Crippen molar-refractivity contribution in [3.8, 4) is 0 Å². The fraction of sp³-hybridized carbons (Fsp3) is 0.462. The molecule has 1 aromatic carbocycles. The van der Waals surface area contributed by atoms with Crippen LogP contribution in [0.25, 0.3) is 0 Å². The first kappa shape index (κ1) is 12.5. The van der Waals surface area contributed by atoms with Crippen molar-refractivity contribution in [2.24, 2.45) is 16.6 Å². The molecule has 0 amide bonds. The van der Waals surface area contributed by atoms with E-state index in [0.29, 0.717) is 11.1 Å². The lowest BCUT2D eigenvalue weighted by Gasteiger charge is -2.15. The van der Waals surface area contributed by atoms with Crippen LogP contribution in [0.4, 0.5) is 5.69 Å². The molecule has 0 spiro atoms. The molecule has 0 saturated heterocycles. The lowest BCUT2D eigenvalue weighted by molar-refractivity contribution is -0.385. The number of aliphatic imine (C=N–C) groups is 1. The summed E-state index contributed by atoms with van der Waals surface area (Å²) >= 11 is 1.58. The summed E-state index contributed by atoms with van der Waals surface area (Å²) in [6.45, 7) is 1.98. The number of nitrogens with zero attached hydrogens (tertiary/aromatic N) is 2. The molecule has 3 rings (SSSR count). The van der Waals surface area contributed by atoms with Crippen LogP contribution in [-0.4, -0.2) is 15.8 Å². The summed E-state index contributed by atoms with van der Waals surface area (Å²) in [5.74, 6) is 1.46. The molecule has 1 aliphatic heterocycles.